The third-order valence-corrected chi connectivity index (χ3v) is 5.61. The van der Waals surface area contributed by atoms with E-state index in [0.717, 1.165) is 19.5 Å². The number of rotatable bonds is 2. The maximum absolute atomic E-state index is 12.2. The Bertz CT molecular complexity index is 942. The van der Waals surface area contributed by atoms with Crippen LogP contribution in [0.3, 0.4) is 0 Å². The highest BCUT2D eigenvalue weighted by Crippen LogP contribution is 2.44. The molecule has 1 N–H and O–H groups in total. The van der Waals surface area contributed by atoms with Crippen LogP contribution in [0.4, 0.5) is 16.3 Å². The van der Waals surface area contributed by atoms with Gasteiger partial charge in [0.1, 0.15) is 22.1 Å². The Hall–Kier alpha value is -2.58. The number of aromatic nitrogens is 1. The average Bonchev–Trinajstić information content (AvgIpc) is 3.03. The van der Waals surface area contributed by atoms with Crippen LogP contribution >= 0.6 is 12.2 Å². The Morgan fingerprint density at radius 3 is 2.64 bits per heavy atom. The standard InChI is InChI=1S/C20H25N5O2S/c1-6-13-14(9-21)17(28)23-16(15(13)22-5)24-8-7-20(10-24)11-25(12-20)18(26)27-19(2,3)4/h6-8,10-12H2,1-4H3,(H,23,28). The quantitative estimate of drug-likeness (QED) is 0.596. The molecule has 2 aliphatic rings. The molecule has 148 valence electrons. The predicted octanol–water partition coefficient (Wildman–Crippen LogP) is 4.18. The van der Waals surface area contributed by atoms with Gasteiger partial charge < -0.3 is 19.5 Å². The van der Waals surface area contributed by atoms with E-state index in [4.69, 9.17) is 23.5 Å². The van der Waals surface area contributed by atoms with Crippen molar-refractivity contribution in [2.75, 3.05) is 31.1 Å². The predicted molar refractivity (Wildman–Crippen MR) is 109 cm³/mol. The van der Waals surface area contributed by atoms with E-state index < -0.39 is 5.60 Å². The fraction of sp³-hybridized carbons (Fsp3) is 0.600. The lowest BCUT2D eigenvalue weighted by molar-refractivity contribution is -0.0266. The van der Waals surface area contributed by atoms with Gasteiger partial charge in [-0.2, -0.15) is 5.26 Å². The van der Waals surface area contributed by atoms with Crippen LogP contribution in [0.2, 0.25) is 0 Å². The van der Waals surface area contributed by atoms with Gasteiger partial charge in [0.2, 0.25) is 5.69 Å². The zero-order valence-electron chi connectivity index (χ0n) is 16.8. The number of nitrogens with zero attached hydrogens (tertiary/aromatic N) is 4. The number of nitriles is 1. The Labute approximate surface area is 170 Å². The first kappa shape index (κ1) is 20.2. The number of hydrogen-bond acceptors (Lipinski definition) is 5. The van der Waals surface area contributed by atoms with E-state index in [1.807, 2.05) is 27.7 Å². The molecular weight excluding hydrogens is 374 g/mol. The molecule has 1 aromatic rings. The zero-order chi connectivity index (χ0) is 20.7. The van der Waals surface area contributed by atoms with Crippen molar-refractivity contribution in [2.24, 2.45) is 5.41 Å². The summed E-state index contributed by atoms with van der Waals surface area (Å²) in [5.74, 6) is 0.698. The molecule has 0 aliphatic carbocycles. The Morgan fingerprint density at radius 2 is 2.11 bits per heavy atom. The molecular formula is C20H25N5O2S. The molecule has 0 saturated carbocycles. The number of nitrogens with one attached hydrogen (secondary N) is 1. The highest BCUT2D eigenvalue weighted by Gasteiger charge is 2.50. The smallest absolute Gasteiger partial charge is 0.410 e. The van der Waals surface area contributed by atoms with Crippen LogP contribution in [-0.4, -0.2) is 47.8 Å². The van der Waals surface area contributed by atoms with Crippen molar-refractivity contribution in [1.82, 2.24) is 9.88 Å². The van der Waals surface area contributed by atoms with Crippen molar-refractivity contribution in [2.45, 2.75) is 46.1 Å². The molecule has 3 heterocycles. The Kier molecular flexibility index (Phi) is 5.12. The van der Waals surface area contributed by atoms with Gasteiger partial charge in [0.15, 0.2) is 0 Å². The molecule has 8 heteroatoms. The van der Waals surface area contributed by atoms with Crippen LogP contribution in [0.15, 0.2) is 0 Å². The SMILES string of the molecule is [C-]#[N+]c1c(N2CCC3(CN(C(=O)OC(C)(C)C)C3)C2)[nH]c(=S)c(C#N)c1CC. The van der Waals surface area contributed by atoms with Crippen LogP contribution in [0.5, 0.6) is 0 Å². The number of H-pyrrole nitrogens is 1. The van der Waals surface area contributed by atoms with E-state index in [2.05, 4.69) is 20.8 Å². The summed E-state index contributed by atoms with van der Waals surface area (Å²) in [6.07, 6.45) is 1.24. The van der Waals surface area contributed by atoms with Crippen molar-refractivity contribution in [3.05, 3.63) is 27.2 Å². The van der Waals surface area contributed by atoms with Gasteiger partial charge in [-0.3, -0.25) is 0 Å². The topological polar surface area (TPSA) is 76.7 Å². The lowest BCUT2D eigenvalue weighted by atomic mass is 9.79. The molecule has 0 aromatic carbocycles. The normalized spacial score (nSPS) is 17.8. The van der Waals surface area contributed by atoms with Gasteiger partial charge in [0, 0.05) is 31.6 Å². The van der Waals surface area contributed by atoms with Crippen LogP contribution in [0.25, 0.3) is 4.85 Å². The molecule has 28 heavy (non-hydrogen) atoms. The molecule has 1 spiro atoms. The molecule has 1 aromatic heterocycles. The van der Waals surface area contributed by atoms with Crippen molar-refractivity contribution in [1.29, 1.82) is 5.26 Å². The highest BCUT2D eigenvalue weighted by molar-refractivity contribution is 7.71. The van der Waals surface area contributed by atoms with E-state index in [1.165, 1.54) is 0 Å². The molecule has 3 rings (SSSR count). The molecule has 2 aliphatic heterocycles. The van der Waals surface area contributed by atoms with Gasteiger partial charge in [-0.25, -0.2) is 9.64 Å². The van der Waals surface area contributed by atoms with Crippen molar-refractivity contribution >= 4 is 29.8 Å². The molecule has 2 saturated heterocycles. The van der Waals surface area contributed by atoms with Crippen molar-refractivity contribution < 1.29 is 9.53 Å². The molecule has 1 amide bonds. The summed E-state index contributed by atoms with van der Waals surface area (Å²) >= 11 is 5.36. The minimum absolute atomic E-state index is 0.0198. The fourth-order valence-electron chi connectivity index (χ4n) is 4.04. The second-order valence-corrected chi connectivity index (χ2v) is 9.00. The van der Waals surface area contributed by atoms with E-state index >= 15 is 0 Å². The summed E-state index contributed by atoms with van der Waals surface area (Å²) in [6, 6.07) is 2.13. The van der Waals surface area contributed by atoms with E-state index in [0.29, 0.717) is 46.8 Å². The maximum atomic E-state index is 12.2. The largest absolute Gasteiger partial charge is 0.444 e. The molecule has 7 nitrogen and oxygen atoms in total. The number of hydrogen-bond donors (Lipinski definition) is 1. The minimum Gasteiger partial charge on any atom is -0.444 e. The number of anilines is 1. The van der Waals surface area contributed by atoms with Crippen LogP contribution in [0.1, 0.15) is 45.2 Å². The lowest BCUT2D eigenvalue weighted by Gasteiger charge is -2.47. The van der Waals surface area contributed by atoms with Crippen LogP contribution in [-0.2, 0) is 11.2 Å². The van der Waals surface area contributed by atoms with E-state index in [1.54, 1.807) is 4.90 Å². The monoisotopic (exact) mass is 399 g/mol. The first-order valence-electron chi connectivity index (χ1n) is 9.42. The fourth-order valence-corrected chi connectivity index (χ4v) is 4.31. The molecule has 0 unspecified atom stereocenters. The second kappa shape index (κ2) is 7.10. The van der Waals surface area contributed by atoms with Gasteiger partial charge in [0.05, 0.1) is 12.1 Å². The van der Waals surface area contributed by atoms with Crippen molar-refractivity contribution in [3.63, 3.8) is 0 Å². The molecule has 0 radical (unpaired) electrons. The number of likely N-dealkylation sites (tertiary alicyclic amines) is 1. The van der Waals surface area contributed by atoms with E-state index in [9.17, 15) is 10.1 Å². The van der Waals surface area contributed by atoms with Gasteiger partial charge >= 0.3 is 6.09 Å². The van der Waals surface area contributed by atoms with Crippen LogP contribution in [0, 0.1) is 28.0 Å². The summed E-state index contributed by atoms with van der Waals surface area (Å²) < 4.78 is 5.83. The number of amides is 1. The summed E-state index contributed by atoms with van der Waals surface area (Å²) in [5, 5.41) is 9.40. The third kappa shape index (κ3) is 3.57. The van der Waals surface area contributed by atoms with Gasteiger partial charge in [-0.1, -0.05) is 19.1 Å². The second-order valence-electron chi connectivity index (χ2n) is 8.59. The third-order valence-electron chi connectivity index (χ3n) is 5.31. The zero-order valence-corrected chi connectivity index (χ0v) is 17.6. The molecule has 0 bridgehead atoms. The van der Waals surface area contributed by atoms with Gasteiger partial charge in [-0.15, -0.1) is 0 Å². The van der Waals surface area contributed by atoms with Crippen LogP contribution < -0.4 is 4.90 Å². The lowest BCUT2D eigenvalue weighted by Crippen LogP contribution is -2.60. The first-order chi connectivity index (χ1) is 13.1. The summed E-state index contributed by atoms with van der Waals surface area (Å²) in [7, 11) is 0. The van der Waals surface area contributed by atoms with E-state index in [-0.39, 0.29) is 11.5 Å². The number of pyridine rings is 1. The number of carbonyl (C=O) groups is 1. The summed E-state index contributed by atoms with van der Waals surface area (Å²) in [5.41, 5.74) is 1.10. The Morgan fingerprint density at radius 1 is 1.43 bits per heavy atom. The summed E-state index contributed by atoms with van der Waals surface area (Å²) in [6.45, 7) is 18.0. The summed E-state index contributed by atoms with van der Waals surface area (Å²) in [4.78, 5) is 22.9. The highest BCUT2D eigenvalue weighted by atomic mass is 32.1. The average molecular weight is 400 g/mol. The Balaban J connectivity index is 1.78. The molecule has 2 fully saturated rings. The first-order valence-corrected chi connectivity index (χ1v) is 9.83. The number of aromatic amines is 1. The number of ether oxygens (including phenoxy) is 1. The van der Waals surface area contributed by atoms with Gasteiger partial charge in [-0.05, 0) is 39.2 Å². The van der Waals surface area contributed by atoms with Crippen molar-refractivity contribution in [3.8, 4) is 6.07 Å². The van der Waals surface area contributed by atoms with Gasteiger partial charge in [0.25, 0.3) is 0 Å². The maximum Gasteiger partial charge on any atom is 0.410 e. The number of carbonyl (C=O) groups excluding carboxylic acids is 1. The molecule has 0 atom stereocenters. The minimum atomic E-state index is -0.500.